The van der Waals surface area contributed by atoms with Gasteiger partial charge in [0.15, 0.2) is 0 Å². The number of aryl methyl sites for hydroxylation is 1. The van der Waals surface area contributed by atoms with E-state index in [1.54, 1.807) is 0 Å². The first-order chi connectivity index (χ1) is 13.2. The van der Waals surface area contributed by atoms with Crippen LogP contribution in [0, 0.1) is 0 Å². The lowest BCUT2D eigenvalue weighted by Gasteiger charge is -2.17. The van der Waals surface area contributed by atoms with Gasteiger partial charge in [-0.05, 0) is 78.2 Å². The molecule has 0 aromatic carbocycles. The van der Waals surface area contributed by atoms with Gasteiger partial charge in [-0.3, -0.25) is 4.98 Å². The van der Waals surface area contributed by atoms with Gasteiger partial charge >= 0.3 is 0 Å². The van der Waals surface area contributed by atoms with E-state index in [0.29, 0.717) is 12.5 Å². The zero-order valence-corrected chi connectivity index (χ0v) is 18.4. The fourth-order valence-electron chi connectivity index (χ4n) is 3.55. The van der Waals surface area contributed by atoms with E-state index in [2.05, 4.69) is 51.0 Å². The van der Waals surface area contributed by atoms with Crippen LogP contribution < -0.4 is 4.74 Å². The monoisotopic (exact) mass is 432 g/mol. The Hall–Kier alpha value is -1.42. The molecule has 0 aliphatic heterocycles. The zero-order valence-electron chi connectivity index (χ0n) is 16.8. The van der Waals surface area contributed by atoms with E-state index in [1.165, 1.54) is 62.6 Å². The van der Waals surface area contributed by atoms with Crippen molar-refractivity contribution in [1.82, 2.24) is 9.97 Å². The molecular weight excluding hydrogens is 400 g/mol. The van der Waals surface area contributed by atoms with Gasteiger partial charge in [0.2, 0.25) is 0 Å². The molecule has 4 heteroatoms. The molecule has 2 aromatic heterocycles. The number of unbranched alkanes of at least 4 members (excludes halogenated alkanes) is 4. The third-order valence-electron chi connectivity index (χ3n) is 4.91. The number of aromatic nitrogens is 2. The van der Waals surface area contributed by atoms with Crippen molar-refractivity contribution >= 4 is 15.9 Å². The highest BCUT2D eigenvalue weighted by molar-refractivity contribution is 9.10. The molecule has 0 amide bonds. The van der Waals surface area contributed by atoms with Gasteiger partial charge in [0.1, 0.15) is 10.4 Å². The molecule has 1 atom stereocenters. The molecule has 0 aliphatic rings. The first-order valence-corrected chi connectivity index (χ1v) is 11.2. The predicted octanol–water partition coefficient (Wildman–Crippen LogP) is 7.10. The first kappa shape index (κ1) is 21.9. The summed E-state index contributed by atoms with van der Waals surface area (Å²) in [5, 5.41) is 0. The van der Waals surface area contributed by atoms with Crippen molar-refractivity contribution in [2.75, 3.05) is 6.61 Å². The van der Waals surface area contributed by atoms with Crippen LogP contribution in [-0.2, 0) is 6.42 Å². The van der Waals surface area contributed by atoms with E-state index < -0.39 is 0 Å². The van der Waals surface area contributed by atoms with Gasteiger partial charge < -0.3 is 4.74 Å². The quantitative estimate of drug-likeness (QED) is 0.250. The van der Waals surface area contributed by atoms with Crippen LogP contribution in [0.4, 0.5) is 0 Å². The molecule has 0 N–H and O–H groups in total. The fourth-order valence-corrected chi connectivity index (χ4v) is 3.93. The first-order valence-electron chi connectivity index (χ1n) is 10.4. The smallest absolute Gasteiger partial charge is 0.137 e. The third kappa shape index (κ3) is 8.42. The SMILES string of the molecule is CCC[C@H](CCCCCCCc1cccc(Br)n1)c1cncc(OCC)c1. The van der Waals surface area contributed by atoms with Crippen molar-refractivity contribution in [3.05, 3.63) is 52.5 Å². The molecule has 0 saturated carbocycles. The molecule has 0 unspecified atom stereocenters. The van der Waals surface area contributed by atoms with E-state index in [-0.39, 0.29) is 0 Å². The van der Waals surface area contributed by atoms with E-state index in [1.807, 2.05) is 25.4 Å². The second-order valence-corrected chi connectivity index (χ2v) is 7.94. The number of ether oxygens (including phenoxy) is 1. The lowest BCUT2D eigenvalue weighted by Crippen LogP contribution is -2.01. The van der Waals surface area contributed by atoms with Crippen LogP contribution in [-0.4, -0.2) is 16.6 Å². The van der Waals surface area contributed by atoms with Gasteiger partial charge in [0.25, 0.3) is 0 Å². The number of pyridine rings is 2. The van der Waals surface area contributed by atoms with Crippen LogP contribution in [0.15, 0.2) is 41.3 Å². The van der Waals surface area contributed by atoms with E-state index in [9.17, 15) is 0 Å². The van der Waals surface area contributed by atoms with Crippen LogP contribution in [0.3, 0.4) is 0 Å². The van der Waals surface area contributed by atoms with Crippen molar-refractivity contribution in [1.29, 1.82) is 0 Å². The number of rotatable bonds is 13. The van der Waals surface area contributed by atoms with E-state index >= 15 is 0 Å². The Kier molecular flexibility index (Phi) is 10.4. The Balaban J connectivity index is 1.68. The summed E-state index contributed by atoms with van der Waals surface area (Å²) in [5.74, 6) is 1.51. The van der Waals surface area contributed by atoms with Crippen LogP contribution in [0.5, 0.6) is 5.75 Å². The lowest BCUT2D eigenvalue weighted by molar-refractivity contribution is 0.338. The topological polar surface area (TPSA) is 35.0 Å². The van der Waals surface area contributed by atoms with Crippen molar-refractivity contribution in [3.63, 3.8) is 0 Å². The Morgan fingerprint density at radius 1 is 1.00 bits per heavy atom. The average molecular weight is 433 g/mol. The summed E-state index contributed by atoms with van der Waals surface area (Å²) in [6.07, 6.45) is 15.0. The average Bonchev–Trinajstić information content (AvgIpc) is 2.67. The van der Waals surface area contributed by atoms with Crippen molar-refractivity contribution < 1.29 is 4.74 Å². The third-order valence-corrected chi connectivity index (χ3v) is 5.35. The summed E-state index contributed by atoms with van der Waals surface area (Å²) < 4.78 is 6.55. The van der Waals surface area contributed by atoms with Gasteiger partial charge in [-0.25, -0.2) is 4.98 Å². The highest BCUT2D eigenvalue weighted by atomic mass is 79.9. The molecule has 27 heavy (non-hydrogen) atoms. The molecule has 0 bridgehead atoms. The number of hydrogen-bond donors (Lipinski definition) is 0. The normalized spacial score (nSPS) is 12.1. The number of hydrogen-bond acceptors (Lipinski definition) is 3. The zero-order chi connectivity index (χ0) is 19.3. The molecule has 2 aromatic rings. The van der Waals surface area contributed by atoms with Gasteiger partial charge in [-0.2, -0.15) is 0 Å². The Morgan fingerprint density at radius 3 is 2.59 bits per heavy atom. The maximum atomic E-state index is 5.62. The highest BCUT2D eigenvalue weighted by Gasteiger charge is 2.12. The molecular formula is C23H33BrN2O. The maximum absolute atomic E-state index is 5.62. The summed E-state index contributed by atoms with van der Waals surface area (Å²) in [4.78, 5) is 8.88. The van der Waals surface area contributed by atoms with Gasteiger partial charge in [0, 0.05) is 11.9 Å². The summed E-state index contributed by atoms with van der Waals surface area (Å²) in [5.41, 5.74) is 2.53. The maximum Gasteiger partial charge on any atom is 0.137 e. The molecule has 0 fully saturated rings. The summed E-state index contributed by atoms with van der Waals surface area (Å²) >= 11 is 3.44. The molecule has 0 radical (unpaired) electrons. The van der Waals surface area contributed by atoms with Gasteiger partial charge in [0.05, 0.1) is 12.8 Å². The van der Waals surface area contributed by atoms with Gasteiger partial charge in [-0.1, -0.05) is 45.1 Å². The molecule has 148 valence electrons. The summed E-state index contributed by atoms with van der Waals surface area (Å²) in [6, 6.07) is 8.35. The van der Waals surface area contributed by atoms with Crippen molar-refractivity contribution in [2.45, 2.75) is 77.6 Å². The van der Waals surface area contributed by atoms with Crippen molar-refractivity contribution in [3.8, 4) is 5.75 Å². The highest BCUT2D eigenvalue weighted by Crippen LogP contribution is 2.29. The van der Waals surface area contributed by atoms with E-state index in [4.69, 9.17) is 4.74 Å². The second kappa shape index (κ2) is 12.9. The minimum Gasteiger partial charge on any atom is -0.492 e. The van der Waals surface area contributed by atoms with Gasteiger partial charge in [-0.15, -0.1) is 0 Å². The summed E-state index contributed by atoms with van der Waals surface area (Å²) in [7, 11) is 0. The van der Waals surface area contributed by atoms with Crippen molar-refractivity contribution in [2.24, 2.45) is 0 Å². The fraction of sp³-hybridized carbons (Fsp3) is 0.565. The van der Waals surface area contributed by atoms with Crippen LogP contribution in [0.1, 0.15) is 82.4 Å². The largest absolute Gasteiger partial charge is 0.492 e. The van der Waals surface area contributed by atoms with E-state index in [0.717, 1.165) is 16.8 Å². The predicted molar refractivity (Wildman–Crippen MR) is 116 cm³/mol. The van der Waals surface area contributed by atoms with Crippen LogP contribution in [0.2, 0.25) is 0 Å². The molecule has 3 nitrogen and oxygen atoms in total. The second-order valence-electron chi connectivity index (χ2n) is 7.13. The lowest BCUT2D eigenvalue weighted by atomic mass is 9.90. The summed E-state index contributed by atoms with van der Waals surface area (Å²) in [6.45, 7) is 4.98. The standard InChI is InChI=1S/C23H33BrN2O/c1-3-11-19(20-16-22(27-4-2)18-25-17-20)12-8-6-5-7-9-13-21-14-10-15-23(24)26-21/h10,14-19H,3-9,11-13H2,1-2H3/t19-/m1/s1. The minimum atomic E-state index is 0.605. The molecule has 0 saturated heterocycles. The molecule has 2 heterocycles. The number of halogens is 1. The van der Waals surface area contributed by atoms with Crippen LogP contribution in [0.25, 0.3) is 0 Å². The minimum absolute atomic E-state index is 0.605. The Morgan fingerprint density at radius 2 is 1.81 bits per heavy atom. The molecule has 0 spiro atoms. The Bertz CT molecular complexity index is 662. The molecule has 2 rings (SSSR count). The molecule has 0 aliphatic carbocycles. The number of nitrogens with zero attached hydrogens (tertiary/aromatic N) is 2. The Labute approximate surface area is 173 Å². The van der Waals surface area contributed by atoms with Crippen LogP contribution >= 0.6 is 15.9 Å².